The summed E-state index contributed by atoms with van der Waals surface area (Å²) in [7, 11) is 4.01. The number of carbonyl (C=O) groups excluding carboxylic acids is 1. The van der Waals surface area contributed by atoms with Crippen molar-refractivity contribution in [2.24, 2.45) is 0 Å². The highest BCUT2D eigenvalue weighted by Crippen LogP contribution is 2.42. The number of nitrogens with zero attached hydrogens (tertiary/aromatic N) is 1. The lowest BCUT2D eigenvalue weighted by atomic mass is 9.74. The molecule has 3 rings (SSSR count). The Balaban J connectivity index is 2.05. The van der Waals surface area contributed by atoms with Crippen molar-refractivity contribution in [1.29, 1.82) is 0 Å². The van der Waals surface area contributed by atoms with Crippen molar-refractivity contribution in [3.05, 3.63) is 41.5 Å². The Labute approximate surface area is 224 Å². The largest absolute Gasteiger partial charge is 0.493 e. The van der Waals surface area contributed by atoms with Crippen molar-refractivity contribution in [2.75, 3.05) is 61.5 Å². The lowest BCUT2D eigenvalue weighted by Gasteiger charge is -2.37. The Hall–Kier alpha value is -3.18. The number of carbonyl (C=O) groups is 1. The second kappa shape index (κ2) is 12.6. The molecule has 1 atom stereocenters. The van der Waals surface area contributed by atoms with Crippen LogP contribution < -0.4 is 23.7 Å². The average Bonchev–Trinajstić information content (AvgIpc) is 3.14. The summed E-state index contributed by atoms with van der Waals surface area (Å²) in [5.74, 6) is 2.12. The first-order valence-electron chi connectivity index (χ1n) is 12.3. The predicted octanol–water partition coefficient (Wildman–Crippen LogP) is 3.66. The minimum absolute atomic E-state index is 0.0145. The van der Waals surface area contributed by atoms with Crippen molar-refractivity contribution in [3.8, 4) is 28.7 Å². The van der Waals surface area contributed by atoms with Gasteiger partial charge in [-0.05, 0) is 49.1 Å². The molecule has 1 fully saturated rings. The molecule has 0 spiro atoms. The minimum Gasteiger partial charge on any atom is -0.493 e. The third kappa shape index (κ3) is 6.63. The van der Waals surface area contributed by atoms with Crippen molar-refractivity contribution >= 4 is 16.0 Å². The van der Waals surface area contributed by atoms with Gasteiger partial charge < -0.3 is 28.6 Å². The van der Waals surface area contributed by atoms with Crippen LogP contribution in [0.15, 0.2) is 30.3 Å². The van der Waals surface area contributed by atoms with Gasteiger partial charge >= 0.3 is 0 Å². The van der Waals surface area contributed by atoms with Gasteiger partial charge in [0, 0.05) is 24.1 Å². The molecule has 1 aliphatic heterocycles. The molecule has 0 N–H and O–H groups in total. The van der Waals surface area contributed by atoms with E-state index in [0.717, 1.165) is 31.1 Å². The first-order valence-corrected chi connectivity index (χ1v) is 14.1. The van der Waals surface area contributed by atoms with Gasteiger partial charge in [-0.15, -0.1) is 0 Å². The summed E-state index contributed by atoms with van der Waals surface area (Å²) in [5.41, 5.74) is 0.726. The summed E-state index contributed by atoms with van der Waals surface area (Å²) in [5, 5.41) is 0. The summed E-state index contributed by atoms with van der Waals surface area (Å²) in [6, 6.07) is 8.93. The summed E-state index contributed by atoms with van der Waals surface area (Å²) >= 11 is 0. The van der Waals surface area contributed by atoms with Gasteiger partial charge in [0.1, 0.15) is 0 Å². The number of methoxy groups -OCH3 is 5. The Bertz CT molecular complexity index is 1210. The molecule has 2 aromatic carbocycles. The van der Waals surface area contributed by atoms with Crippen LogP contribution in [0.2, 0.25) is 0 Å². The maximum atomic E-state index is 13.9. The molecule has 1 amide bonds. The zero-order valence-electron chi connectivity index (χ0n) is 22.9. The van der Waals surface area contributed by atoms with Crippen LogP contribution in [0.3, 0.4) is 0 Å². The molecular formula is C27H37NO9S. The SMILES string of the molecule is COc1ccc([C@@]2(CCOS(C)(=O)=O)CCCCN(C(=O)c3cc(OC)c(OC)c(OC)c3)C2)cc1OC. The van der Waals surface area contributed by atoms with Crippen LogP contribution in [0.5, 0.6) is 28.7 Å². The number of amides is 1. The number of benzene rings is 2. The van der Waals surface area contributed by atoms with Gasteiger partial charge in [-0.25, -0.2) is 0 Å². The van der Waals surface area contributed by atoms with E-state index in [0.29, 0.717) is 53.8 Å². The van der Waals surface area contributed by atoms with Crippen LogP contribution in [0, 0.1) is 0 Å². The van der Waals surface area contributed by atoms with Crippen LogP contribution >= 0.6 is 0 Å². The zero-order chi connectivity index (χ0) is 27.9. The van der Waals surface area contributed by atoms with E-state index in [-0.39, 0.29) is 12.5 Å². The average molecular weight is 552 g/mol. The van der Waals surface area contributed by atoms with Crippen LogP contribution in [-0.2, 0) is 19.7 Å². The number of ether oxygens (including phenoxy) is 5. The van der Waals surface area contributed by atoms with E-state index in [1.54, 1.807) is 31.3 Å². The van der Waals surface area contributed by atoms with Crippen molar-refractivity contribution in [1.82, 2.24) is 4.90 Å². The molecule has 0 aromatic heterocycles. The Morgan fingerprint density at radius 2 is 1.50 bits per heavy atom. The van der Waals surface area contributed by atoms with E-state index in [1.807, 2.05) is 18.2 Å². The molecule has 10 nitrogen and oxygen atoms in total. The van der Waals surface area contributed by atoms with E-state index in [2.05, 4.69) is 0 Å². The van der Waals surface area contributed by atoms with Gasteiger partial charge in [0.05, 0.1) is 48.4 Å². The van der Waals surface area contributed by atoms with Crippen LogP contribution in [-0.4, -0.2) is 80.7 Å². The lowest BCUT2D eigenvalue weighted by molar-refractivity contribution is 0.0714. The number of rotatable bonds is 11. The highest BCUT2D eigenvalue weighted by Gasteiger charge is 2.38. The number of hydrogen-bond acceptors (Lipinski definition) is 9. The normalized spacial score (nSPS) is 17.9. The molecule has 1 aliphatic rings. The lowest BCUT2D eigenvalue weighted by Crippen LogP contribution is -2.43. The second-order valence-electron chi connectivity index (χ2n) is 9.22. The van der Waals surface area contributed by atoms with E-state index in [4.69, 9.17) is 27.9 Å². The fraction of sp³-hybridized carbons (Fsp3) is 0.519. The Morgan fingerprint density at radius 3 is 2.05 bits per heavy atom. The summed E-state index contributed by atoms with van der Waals surface area (Å²) < 4.78 is 55.9. The topological polar surface area (TPSA) is 110 Å². The third-order valence-corrected chi connectivity index (χ3v) is 7.49. The van der Waals surface area contributed by atoms with E-state index in [9.17, 15) is 13.2 Å². The molecule has 0 radical (unpaired) electrons. The maximum absolute atomic E-state index is 13.9. The zero-order valence-corrected chi connectivity index (χ0v) is 23.7. The third-order valence-electron chi connectivity index (χ3n) is 6.90. The molecule has 11 heteroatoms. The van der Waals surface area contributed by atoms with Crippen LogP contribution in [0.4, 0.5) is 0 Å². The van der Waals surface area contributed by atoms with Gasteiger partial charge in [0.25, 0.3) is 16.0 Å². The summed E-state index contributed by atoms with van der Waals surface area (Å²) in [4.78, 5) is 15.7. The second-order valence-corrected chi connectivity index (χ2v) is 10.9. The van der Waals surface area contributed by atoms with Gasteiger partial charge in [-0.1, -0.05) is 12.5 Å². The first-order chi connectivity index (χ1) is 18.1. The predicted molar refractivity (Wildman–Crippen MR) is 142 cm³/mol. The molecular weight excluding hydrogens is 514 g/mol. The molecule has 0 bridgehead atoms. The highest BCUT2D eigenvalue weighted by atomic mass is 32.2. The van der Waals surface area contributed by atoms with Gasteiger partial charge in [0.2, 0.25) is 5.75 Å². The Kier molecular flexibility index (Phi) is 9.72. The first kappa shape index (κ1) is 29.4. The van der Waals surface area contributed by atoms with E-state index in [1.165, 1.54) is 21.3 Å². The Morgan fingerprint density at radius 1 is 0.868 bits per heavy atom. The van der Waals surface area contributed by atoms with Gasteiger partial charge in [-0.2, -0.15) is 8.42 Å². The van der Waals surface area contributed by atoms with Crippen LogP contribution in [0.1, 0.15) is 41.6 Å². The fourth-order valence-corrected chi connectivity index (χ4v) is 5.37. The highest BCUT2D eigenvalue weighted by molar-refractivity contribution is 7.85. The number of hydrogen-bond donors (Lipinski definition) is 0. The smallest absolute Gasteiger partial charge is 0.264 e. The molecule has 2 aromatic rings. The van der Waals surface area contributed by atoms with Gasteiger partial charge in [0.15, 0.2) is 23.0 Å². The van der Waals surface area contributed by atoms with Crippen molar-refractivity contribution < 1.29 is 41.1 Å². The quantitative estimate of drug-likeness (QED) is 0.387. The molecule has 0 saturated carbocycles. The monoisotopic (exact) mass is 551 g/mol. The molecule has 1 saturated heterocycles. The van der Waals surface area contributed by atoms with E-state index < -0.39 is 15.5 Å². The standard InChI is InChI=1S/C27H37NO9S/c1-32-21-10-9-20(17-22(21)33-2)27(12-14-37-38(6,30)31)11-7-8-13-28(18-27)26(29)19-15-23(34-3)25(36-5)24(16-19)35-4/h9-10,15-17H,7-8,11-14,18H2,1-6H3/t27-/m1/s1. The number of likely N-dealkylation sites (tertiary alicyclic amines) is 1. The van der Waals surface area contributed by atoms with Crippen molar-refractivity contribution in [3.63, 3.8) is 0 Å². The molecule has 1 heterocycles. The minimum atomic E-state index is -3.63. The maximum Gasteiger partial charge on any atom is 0.264 e. The molecule has 0 unspecified atom stereocenters. The summed E-state index contributed by atoms with van der Waals surface area (Å²) in [6.07, 6.45) is 3.77. The molecule has 210 valence electrons. The fourth-order valence-electron chi connectivity index (χ4n) is 4.99. The van der Waals surface area contributed by atoms with Crippen molar-refractivity contribution in [2.45, 2.75) is 31.1 Å². The summed E-state index contributed by atoms with van der Waals surface area (Å²) in [6.45, 7) is 0.877. The molecule has 0 aliphatic carbocycles. The van der Waals surface area contributed by atoms with Crippen LogP contribution in [0.25, 0.3) is 0 Å². The molecule has 38 heavy (non-hydrogen) atoms. The van der Waals surface area contributed by atoms with E-state index >= 15 is 0 Å². The van der Waals surface area contributed by atoms with Gasteiger partial charge in [-0.3, -0.25) is 8.98 Å².